The van der Waals surface area contributed by atoms with E-state index in [2.05, 4.69) is 20.5 Å². The van der Waals surface area contributed by atoms with E-state index in [1.54, 1.807) is 13.0 Å². The van der Waals surface area contributed by atoms with Gasteiger partial charge in [-0.2, -0.15) is 0 Å². The third-order valence-corrected chi connectivity index (χ3v) is 6.75. The summed E-state index contributed by atoms with van der Waals surface area (Å²) in [7, 11) is 0. The van der Waals surface area contributed by atoms with Gasteiger partial charge in [0, 0.05) is 27.8 Å². The predicted molar refractivity (Wildman–Crippen MR) is 129 cm³/mol. The van der Waals surface area contributed by atoms with Crippen LogP contribution in [-0.2, 0) is 0 Å². The zero-order chi connectivity index (χ0) is 26.3. The highest BCUT2D eigenvalue weighted by molar-refractivity contribution is 7.14. The summed E-state index contributed by atoms with van der Waals surface area (Å²) < 4.78 is 52.0. The van der Waals surface area contributed by atoms with E-state index in [-0.39, 0.29) is 27.4 Å². The SMILES string of the molecule is [2H]C([2H])([2H])c1nnc(-c2ccc(C(=O)N(c3nccc4cc(F)cc(C)c34)[C@@H]3CCCNC3)c(F)c2)s1. The lowest BCUT2D eigenvalue weighted by molar-refractivity contribution is 0.0968. The number of pyridine rings is 1. The molecule has 1 fully saturated rings. The number of amides is 1. The van der Waals surface area contributed by atoms with Crippen LogP contribution in [0.4, 0.5) is 14.6 Å². The summed E-state index contributed by atoms with van der Waals surface area (Å²) in [6.45, 7) is 0.663. The zero-order valence-electron chi connectivity index (χ0n) is 21.3. The van der Waals surface area contributed by atoms with Crippen molar-refractivity contribution in [3.63, 3.8) is 0 Å². The molecule has 2 aromatic carbocycles. The van der Waals surface area contributed by atoms with Gasteiger partial charge in [-0.3, -0.25) is 9.69 Å². The maximum atomic E-state index is 15.4. The quantitative estimate of drug-likeness (QED) is 0.441. The Morgan fingerprint density at radius 3 is 2.85 bits per heavy atom. The molecule has 6 nitrogen and oxygen atoms in total. The topological polar surface area (TPSA) is 71.0 Å². The molecule has 0 unspecified atom stereocenters. The van der Waals surface area contributed by atoms with Crippen LogP contribution in [0.15, 0.2) is 42.6 Å². The molecule has 3 heterocycles. The second-order valence-electron chi connectivity index (χ2n) is 8.24. The largest absolute Gasteiger partial charge is 0.315 e. The number of carbonyl (C=O) groups is 1. The summed E-state index contributed by atoms with van der Waals surface area (Å²) in [6, 6.07) is 8.22. The molecule has 0 spiro atoms. The number of hydrogen-bond acceptors (Lipinski definition) is 6. The predicted octanol–water partition coefficient (Wildman–Crippen LogP) is 5.05. The molecule has 1 atom stereocenters. The molecule has 174 valence electrons. The molecule has 0 saturated carbocycles. The maximum Gasteiger partial charge on any atom is 0.262 e. The molecule has 1 aliphatic heterocycles. The van der Waals surface area contributed by atoms with E-state index in [0.29, 0.717) is 40.7 Å². The molecular formula is C25H23F2N5OS. The summed E-state index contributed by atoms with van der Waals surface area (Å²) in [5.41, 5.74) is 0.785. The van der Waals surface area contributed by atoms with Crippen molar-refractivity contribution < 1.29 is 17.7 Å². The van der Waals surface area contributed by atoms with E-state index >= 15 is 4.39 Å². The monoisotopic (exact) mass is 482 g/mol. The molecule has 4 aromatic rings. The first-order valence-corrected chi connectivity index (χ1v) is 11.7. The average Bonchev–Trinajstić information content (AvgIpc) is 3.36. The van der Waals surface area contributed by atoms with Gasteiger partial charge in [0.25, 0.3) is 5.91 Å². The van der Waals surface area contributed by atoms with Crippen LogP contribution in [0.2, 0.25) is 0 Å². The number of hydrogen-bond donors (Lipinski definition) is 1. The van der Waals surface area contributed by atoms with Gasteiger partial charge < -0.3 is 5.32 Å². The van der Waals surface area contributed by atoms with Crippen molar-refractivity contribution >= 4 is 33.8 Å². The standard InChI is InChI=1S/C25H23F2N5OS/c1-14-10-18(26)11-16-7-9-29-23(22(14)16)32(19-4-3-8-28-13-19)25(33)20-6-5-17(12-21(20)27)24-31-30-15(2)34-24/h5-7,9-12,19,28H,3-4,8,13H2,1-2H3/t19-/m1/s1/i2D3. The Bertz CT molecular complexity index is 1490. The Balaban J connectivity index is 1.57. The molecular weight excluding hydrogens is 456 g/mol. The van der Waals surface area contributed by atoms with Crippen LogP contribution >= 0.6 is 11.3 Å². The van der Waals surface area contributed by atoms with Gasteiger partial charge in [0.15, 0.2) is 0 Å². The number of piperidine rings is 1. The fourth-order valence-corrected chi connectivity index (χ4v) is 5.01. The Kier molecular flexibility index (Phi) is 5.13. The Hall–Kier alpha value is -3.30. The fraction of sp³-hybridized carbons (Fsp3) is 0.280. The van der Waals surface area contributed by atoms with E-state index in [4.69, 9.17) is 4.11 Å². The number of aryl methyl sites for hydroxylation is 2. The number of rotatable bonds is 4. The summed E-state index contributed by atoms with van der Waals surface area (Å²) >= 11 is 0.850. The first-order chi connectivity index (χ1) is 17.6. The Morgan fingerprint density at radius 1 is 1.24 bits per heavy atom. The first kappa shape index (κ1) is 19.1. The number of halogens is 2. The van der Waals surface area contributed by atoms with Gasteiger partial charge >= 0.3 is 0 Å². The summed E-state index contributed by atoms with van der Waals surface area (Å²) in [4.78, 5) is 19.9. The number of nitrogens with one attached hydrogen (secondary N) is 1. The molecule has 1 N–H and O–H groups in total. The second kappa shape index (κ2) is 9.15. The number of anilines is 1. The minimum absolute atomic E-state index is 0.145. The number of fused-ring (bicyclic) bond motifs is 1. The normalized spacial score (nSPS) is 17.7. The number of aromatic nitrogens is 3. The highest BCUT2D eigenvalue weighted by Crippen LogP contribution is 2.33. The lowest BCUT2D eigenvalue weighted by atomic mass is 10.0. The van der Waals surface area contributed by atoms with Gasteiger partial charge in [-0.25, -0.2) is 13.8 Å². The highest BCUT2D eigenvalue weighted by Gasteiger charge is 2.32. The van der Waals surface area contributed by atoms with Crippen molar-refractivity contribution in [2.24, 2.45) is 0 Å². The molecule has 0 radical (unpaired) electrons. The van der Waals surface area contributed by atoms with Crippen LogP contribution < -0.4 is 10.2 Å². The third kappa shape index (κ3) is 4.17. The minimum atomic E-state index is -2.41. The fourth-order valence-electron chi connectivity index (χ4n) is 4.42. The van der Waals surface area contributed by atoms with Crippen LogP contribution in [0.3, 0.4) is 0 Å². The van der Waals surface area contributed by atoms with E-state index in [1.165, 1.54) is 35.4 Å². The van der Waals surface area contributed by atoms with Gasteiger partial charge in [0.2, 0.25) is 0 Å². The molecule has 1 amide bonds. The van der Waals surface area contributed by atoms with Crippen molar-refractivity contribution in [2.75, 3.05) is 18.0 Å². The highest BCUT2D eigenvalue weighted by atomic mass is 32.1. The van der Waals surface area contributed by atoms with Crippen molar-refractivity contribution in [2.45, 2.75) is 32.7 Å². The van der Waals surface area contributed by atoms with E-state index < -0.39 is 18.6 Å². The number of carbonyl (C=O) groups excluding carboxylic acids is 1. The van der Waals surface area contributed by atoms with E-state index in [0.717, 1.165) is 30.4 Å². The summed E-state index contributed by atoms with van der Waals surface area (Å²) in [5.74, 6) is -1.38. The maximum absolute atomic E-state index is 15.4. The van der Waals surface area contributed by atoms with Crippen LogP contribution in [0, 0.1) is 25.4 Å². The van der Waals surface area contributed by atoms with Gasteiger partial charge in [-0.15, -0.1) is 10.2 Å². The molecule has 0 bridgehead atoms. The van der Waals surface area contributed by atoms with Crippen LogP contribution in [0.5, 0.6) is 0 Å². The molecule has 1 saturated heterocycles. The molecule has 9 heteroatoms. The number of benzene rings is 2. The van der Waals surface area contributed by atoms with Crippen molar-refractivity contribution in [1.82, 2.24) is 20.5 Å². The van der Waals surface area contributed by atoms with Gasteiger partial charge in [0.1, 0.15) is 27.5 Å². The Morgan fingerprint density at radius 2 is 2.12 bits per heavy atom. The molecule has 5 rings (SSSR count). The van der Waals surface area contributed by atoms with E-state index in [1.807, 2.05) is 0 Å². The van der Waals surface area contributed by atoms with Crippen LogP contribution in [0.25, 0.3) is 21.3 Å². The minimum Gasteiger partial charge on any atom is -0.315 e. The van der Waals surface area contributed by atoms with Gasteiger partial charge in [-0.05, 0) is 74.4 Å². The second-order valence-corrected chi connectivity index (χ2v) is 9.22. The van der Waals surface area contributed by atoms with Crippen molar-refractivity contribution in [3.05, 3.63) is 70.4 Å². The molecule has 0 aliphatic carbocycles. The van der Waals surface area contributed by atoms with Gasteiger partial charge in [-0.1, -0.05) is 17.4 Å². The zero-order valence-corrected chi connectivity index (χ0v) is 19.1. The van der Waals surface area contributed by atoms with Crippen molar-refractivity contribution in [3.8, 4) is 10.6 Å². The summed E-state index contributed by atoms with van der Waals surface area (Å²) in [6.07, 6.45) is 3.04. The van der Waals surface area contributed by atoms with Gasteiger partial charge in [0.05, 0.1) is 11.6 Å². The van der Waals surface area contributed by atoms with Crippen molar-refractivity contribution in [1.29, 1.82) is 0 Å². The van der Waals surface area contributed by atoms with Crippen LogP contribution in [-0.4, -0.2) is 40.2 Å². The Labute approximate surface area is 203 Å². The molecule has 1 aliphatic rings. The average molecular weight is 483 g/mol. The lowest BCUT2D eigenvalue weighted by Crippen LogP contribution is -2.49. The lowest BCUT2D eigenvalue weighted by Gasteiger charge is -2.35. The molecule has 34 heavy (non-hydrogen) atoms. The summed E-state index contributed by atoms with van der Waals surface area (Å²) in [5, 5.41) is 12.2. The number of nitrogens with zero attached hydrogens (tertiary/aromatic N) is 4. The van der Waals surface area contributed by atoms with Crippen LogP contribution in [0.1, 0.15) is 37.9 Å². The van der Waals surface area contributed by atoms with E-state index in [9.17, 15) is 9.18 Å². The smallest absolute Gasteiger partial charge is 0.262 e. The third-order valence-electron chi connectivity index (χ3n) is 5.96. The first-order valence-electron chi connectivity index (χ1n) is 12.4. The molecule has 2 aromatic heterocycles.